The summed E-state index contributed by atoms with van der Waals surface area (Å²) in [6.07, 6.45) is -0.428. The van der Waals surface area contributed by atoms with Crippen LogP contribution >= 0.6 is 0 Å². The molecule has 0 atom stereocenters. The maximum atomic E-state index is 11.8. The van der Waals surface area contributed by atoms with Gasteiger partial charge in [0.25, 0.3) is 0 Å². The van der Waals surface area contributed by atoms with Crippen LogP contribution in [0.4, 0.5) is 10.6 Å². The van der Waals surface area contributed by atoms with E-state index in [0.717, 1.165) is 39.2 Å². The number of rotatable bonds is 6. The minimum absolute atomic E-state index is 0.424. The average Bonchev–Trinajstić information content (AvgIpc) is 2.70. The van der Waals surface area contributed by atoms with Gasteiger partial charge in [-0.3, -0.25) is 0 Å². The standard InChI is InChI=1S/C24H29N3O3/c1-16-21(17-9-7-6-8-10-17)20-15-18(29-5)11-12-19(20)22(27-16)25-13-14-26-23(28)30-24(2,3)4/h6-12,15H,13-14H2,1-5H3,(H,25,27)(H,26,28). The SMILES string of the molecule is COc1ccc2c(NCCNC(=O)OC(C)(C)C)nc(C)c(-c3ccccc3)c2c1. The number of anilines is 1. The van der Waals surface area contributed by atoms with Crippen LogP contribution in [0.3, 0.4) is 0 Å². The second kappa shape index (κ2) is 9.03. The molecular weight excluding hydrogens is 378 g/mol. The first kappa shape index (κ1) is 21.4. The number of fused-ring (bicyclic) bond motifs is 1. The highest BCUT2D eigenvalue weighted by Gasteiger charge is 2.16. The molecule has 0 radical (unpaired) electrons. The van der Waals surface area contributed by atoms with Crippen molar-refractivity contribution in [1.29, 1.82) is 0 Å². The molecule has 0 saturated heterocycles. The molecule has 0 spiro atoms. The molecule has 0 aliphatic carbocycles. The van der Waals surface area contributed by atoms with Crippen LogP contribution in [0.15, 0.2) is 48.5 Å². The molecule has 0 aliphatic rings. The van der Waals surface area contributed by atoms with Crippen molar-refractivity contribution >= 4 is 22.7 Å². The Hall–Kier alpha value is -3.28. The van der Waals surface area contributed by atoms with E-state index in [-0.39, 0.29) is 0 Å². The topological polar surface area (TPSA) is 72.5 Å². The third kappa shape index (κ3) is 5.20. The molecule has 0 unspecified atom stereocenters. The quantitative estimate of drug-likeness (QED) is 0.553. The normalized spacial score (nSPS) is 11.2. The molecule has 6 nitrogen and oxygen atoms in total. The van der Waals surface area contributed by atoms with Gasteiger partial charge in [-0.15, -0.1) is 0 Å². The summed E-state index contributed by atoms with van der Waals surface area (Å²) in [5.41, 5.74) is 2.60. The van der Waals surface area contributed by atoms with Crippen molar-refractivity contribution in [1.82, 2.24) is 10.3 Å². The van der Waals surface area contributed by atoms with Gasteiger partial charge in [0.2, 0.25) is 0 Å². The molecule has 2 N–H and O–H groups in total. The zero-order valence-electron chi connectivity index (χ0n) is 18.2. The Bertz CT molecular complexity index is 1030. The highest BCUT2D eigenvalue weighted by Crippen LogP contribution is 2.36. The Morgan fingerprint density at radius 1 is 1.03 bits per heavy atom. The number of hydrogen-bond acceptors (Lipinski definition) is 5. The van der Waals surface area contributed by atoms with Crippen molar-refractivity contribution in [2.75, 3.05) is 25.5 Å². The maximum Gasteiger partial charge on any atom is 0.407 e. The lowest BCUT2D eigenvalue weighted by atomic mass is 9.97. The number of nitrogens with one attached hydrogen (secondary N) is 2. The number of aromatic nitrogens is 1. The van der Waals surface area contributed by atoms with Crippen molar-refractivity contribution in [2.45, 2.75) is 33.3 Å². The number of hydrogen-bond donors (Lipinski definition) is 2. The highest BCUT2D eigenvalue weighted by molar-refractivity contribution is 6.03. The fraction of sp³-hybridized carbons (Fsp3) is 0.333. The van der Waals surface area contributed by atoms with Gasteiger partial charge in [0.1, 0.15) is 17.2 Å². The number of pyridine rings is 1. The van der Waals surface area contributed by atoms with E-state index in [9.17, 15) is 4.79 Å². The summed E-state index contributed by atoms with van der Waals surface area (Å²) in [7, 11) is 1.67. The molecule has 2 aromatic carbocycles. The third-order valence-corrected chi connectivity index (χ3v) is 4.54. The molecule has 1 amide bonds. The first-order valence-electron chi connectivity index (χ1n) is 10.0. The molecule has 0 aliphatic heterocycles. The number of methoxy groups -OCH3 is 1. The second-order valence-electron chi connectivity index (χ2n) is 8.05. The highest BCUT2D eigenvalue weighted by atomic mass is 16.6. The fourth-order valence-corrected chi connectivity index (χ4v) is 3.31. The molecule has 3 rings (SSSR count). The summed E-state index contributed by atoms with van der Waals surface area (Å²) in [5.74, 6) is 1.57. The molecule has 6 heteroatoms. The largest absolute Gasteiger partial charge is 0.497 e. The van der Waals surface area contributed by atoms with E-state index in [2.05, 4.69) is 22.8 Å². The van der Waals surface area contributed by atoms with E-state index < -0.39 is 11.7 Å². The van der Waals surface area contributed by atoms with Crippen LogP contribution in [0.1, 0.15) is 26.5 Å². The van der Waals surface area contributed by atoms with Crippen molar-refractivity contribution in [3.05, 3.63) is 54.2 Å². The number of alkyl carbamates (subject to hydrolysis) is 1. The molecule has 30 heavy (non-hydrogen) atoms. The van der Waals surface area contributed by atoms with Gasteiger partial charge in [-0.05, 0) is 56.8 Å². The van der Waals surface area contributed by atoms with Gasteiger partial charge in [-0.2, -0.15) is 0 Å². The Morgan fingerprint density at radius 3 is 2.43 bits per heavy atom. The van der Waals surface area contributed by atoms with E-state index in [1.165, 1.54) is 0 Å². The first-order valence-corrected chi connectivity index (χ1v) is 10.0. The molecular formula is C24H29N3O3. The Balaban J connectivity index is 1.85. The van der Waals surface area contributed by atoms with Gasteiger partial charge in [0, 0.05) is 29.7 Å². The van der Waals surface area contributed by atoms with E-state index in [0.29, 0.717) is 13.1 Å². The summed E-state index contributed by atoms with van der Waals surface area (Å²) >= 11 is 0. The average molecular weight is 408 g/mol. The fourth-order valence-electron chi connectivity index (χ4n) is 3.31. The molecule has 158 valence electrons. The zero-order chi connectivity index (χ0) is 21.7. The predicted octanol–water partition coefficient (Wildman–Crippen LogP) is 5.16. The predicted molar refractivity (Wildman–Crippen MR) is 121 cm³/mol. The minimum atomic E-state index is -0.515. The summed E-state index contributed by atoms with van der Waals surface area (Å²) in [4.78, 5) is 16.6. The number of carbonyl (C=O) groups is 1. The number of carbonyl (C=O) groups excluding carboxylic acids is 1. The van der Waals surface area contributed by atoms with Crippen molar-refractivity contribution in [2.24, 2.45) is 0 Å². The van der Waals surface area contributed by atoms with E-state index in [1.807, 2.05) is 64.1 Å². The van der Waals surface area contributed by atoms with Crippen LogP contribution in [-0.2, 0) is 4.74 Å². The summed E-state index contributed by atoms with van der Waals surface area (Å²) in [5, 5.41) is 8.16. The number of amides is 1. The number of benzene rings is 2. The van der Waals surface area contributed by atoms with Crippen LogP contribution in [0.25, 0.3) is 21.9 Å². The van der Waals surface area contributed by atoms with Crippen LogP contribution in [0.2, 0.25) is 0 Å². The zero-order valence-corrected chi connectivity index (χ0v) is 18.2. The van der Waals surface area contributed by atoms with E-state index in [1.54, 1.807) is 7.11 Å². The van der Waals surface area contributed by atoms with Crippen LogP contribution in [-0.4, -0.2) is 36.9 Å². The number of aryl methyl sites for hydroxylation is 1. The van der Waals surface area contributed by atoms with E-state index >= 15 is 0 Å². The molecule has 1 aromatic heterocycles. The Morgan fingerprint density at radius 2 is 1.77 bits per heavy atom. The van der Waals surface area contributed by atoms with Crippen LogP contribution < -0.4 is 15.4 Å². The minimum Gasteiger partial charge on any atom is -0.497 e. The van der Waals surface area contributed by atoms with Crippen molar-refractivity contribution in [3.63, 3.8) is 0 Å². The van der Waals surface area contributed by atoms with Crippen LogP contribution in [0.5, 0.6) is 5.75 Å². The van der Waals surface area contributed by atoms with Gasteiger partial charge in [0.05, 0.1) is 7.11 Å². The second-order valence-corrected chi connectivity index (χ2v) is 8.05. The monoisotopic (exact) mass is 407 g/mol. The lowest BCUT2D eigenvalue weighted by molar-refractivity contribution is 0.0530. The molecule has 0 bridgehead atoms. The number of ether oxygens (including phenoxy) is 2. The third-order valence-electron chi connectivity index (χ3n) is 4.54. The Kier molecular flexibility index (Phi) is 6.45. The lowest BCUT2D eigenvalue weighted by Gasteiger charge is -2.20. The summed E-state index contributed by atoms with van der Waals surface area (Å²) in [6, 6.07) is 16.2. The number of nitrogens with zero attached hydrogens (tertiary/aromatic N) is 1. The summed E-state index contributed by atoms with van der Waals surface area (Å²) < 4.78 is 10.7. The molecule has 0 fully saturated rings. The lowest BCUT2D eigenvalue weighted by Crippen LogP contribution is -2.35. The molecule has 1 heterocycles. The first-order chi connectivity index (χ1) is 14.3. The smallest absolute Gasteiger partial charge is 0.407 e. The Labute approximate surface area is 177 Å². The van der Waals surface area contributed by atoms with Crippen LogP contribution in [0, 0.1) is 6.92 Å². The van der Waals surface area contributed by atoms with Gasteiger partial charge in [0.15, 0.2) is 0 Å². The van der Waals surface area contributed by atoms with Crippen molar-refractivity contribution < 1.29 is 14.3 Å². The van der Waals surface area contributed by atoms with Gasteiger partial charge in [-0.25, -0.2) is 9.78 Å². The molecule has 0 saturated carbocycles. The maximum absolute atomic E-state index is 11.8. The van der Waals surface area contributed by atoms with Crippen molar-refractivity contribution in [3.8, 4) is 16.9 Å². The molecule has 3 aromatic rings. The summed E-state index contributed by atoms with van der Waals surface area (Å²) in [6.45, 7) is 8.47. The van der Waals surface area contributed by atoms with Gasteiger partial charge < -0.3 is 20.1 Å². The van der Waals surface area contributed by atoms with Gasteiger partial charge >= 0.3 is 6.09 Å². The van der Waals surface area contributed by atoms with Gasteiger partial charge in [-0.1, -0.05) is 30.3 Å². The van der Waals surface area contributed by atoms with E-state index in [4.69, 9.17) is 14.5 Å².